The van der Waals surface area contributed by atoms with Crippen molar-refractivity contribution in [2.45, 2.75) is 11.3 Å². The van der Waals surface area contributed by atoms with Gasteiger partial charge in [0.25, 0.3) is 0 Å². The molecule has 0 atom stereocenters. The zero-order valence-corrected chi connectivity index (χ0v) is 16.5. The minimum absolute atomic E-state index is 0.0747. The van der Waals surface area contributed by atoms with Crippen molar-refractivity contribution in [2.24, 2.45) is 0 Å². The lowest BCUT2D eigenvalue weighted by molar-refractivity contribution is -0.116. The van der Waals surface area contributed by atoms with Crippen LogP contribution in [-0.2, 0) is 19.6 Å². The van der Waals surface area contributed by atoms with Gasteiger partial charge in [0.05, 0.1) is 18.6 Å². The van der Waals surface area contributed by atoms with E-state index in [0.29, 0.717) is 15.9 Å². The molecule has 0 saturated carbocycles. The van der Waals surface area contributed by atoms with E-state index in [2.05, 4.69) is 26.0 Å². The summed E-state index contributed by atoms with van der Waals surface area (Å²) in [4.78, 5) is 23.6. The number of aromatic nitrogens is 3. The van der Waals surface area contributed by atoms with Gasteiger partial charge in [-0.25, -0.2) is 8.42 Å². The van der Waals surface area contributed by atoms with E-state index in [-0.39, 0.29) is 23.3 Å². The summed E-state index contributed by atoms with van der Waals surface area (Å²) in [5.74, 6) is 0.154. The van der Waals surface area contributed by atoms with Gasteiger partial charge in [-0.2, -0.15) is 4.31 Å². The van der Waals surface area contributed by atoms with Crippen molar-refractivity contribution in [3.8, 4) is 0 Å². The molecule has 0 aliphatic carbocycles. The van der Waals surface area contributed by atoms with Crippen LogP contribution < -0.4 is 10.6 Å². The Kier molecular flexibility index (Phi) is 6.69. The van der Waals surface area contributed by atoms with Gasteiger partial charge in [0.1, 0.15) is 5.76 Å². The summed E-state index contributed by atoms with van der Waals surface area (Å²) >= 11 is 2.21. The molecule has 0 aromatic carbocycles. The second kappa shape index (κ2) is 8.57. The SMILES string of the molecule is Cc1cc(NC(=O)CSc2nnc(NC(=O)CN(C)S(C)(=O)=O)s2)no1. The van der Waals surface area contributed by atoms with Crippen LogP contribution in [0.2, 0.25) is 0 Å². The molecule has 0 saturated heterocycles. The molecule has 0 bridgehead atoms. The van der Waals surface area contributed by atoms with Crippen molar-refractivity contribution < 1.29 is 22.5 Å². The number of hydrogen-bond donors (Lipinski definition) is 2. The second-order valence-corrected chi connectivity index (χ2v) is 9.39. The number of nitrogens with one attached hydrogen (secondary N) is 2. The number of carbonyl (C=O) groups is 2. The van der Waals surface area contributed by atoms with E-state index in [1.807, 2.05) is 0 Å². The van der Waals surface area contributed by atoms with Crippen LogP contribution in [0, 0.1) is 6.92 Å². The van der Waals surface area contributed by atoms with Gasteiger partial charge in [0, 0.05) is 13.1 Å². The molecule has 2 amide bonds. The topological polar surface area (TPSA) is 147 Å². The van der Waals surface area contributed by atoms with E-state index in [0.717, 1.165) is 33.7 Å². The van der Waals surface area contributed by atoms with Crippen molar-refractivity contribution in [1.29, 1.82) is 0 Å². The maximum absolute atomic E-state index is 11.8. The van der Waals surface area contributed by atoms with Gasteiger partial charge in [0.2, 0.25) is 27.0 Å². The van der Waals surface area contributed by atoms with Gasteiger partial charge in [-0.05, 0) is 6.92 Å². The average Bonchev–Trinajstić information content (AvgIpc) is 3.13. The number of amides is 2. The molecule has 11 nitrogen and oxygen atoms in total. The molecule has 2 aromatic rings. The monoisotopic (exact) mass is 420 g/mol. The first-order valence-electron chi connectivity index (χ1n) is 7.04. The summed E-state index contributed by atoms with van der Waals surface area (Å²) in [6.07, 6.45) is 1.01. The fraction of sp³-hybridized carbons (Fsp3) is 0.417. The van der Waals surface area contributed by atoms with Crippen molar-refractivity contribution in [1.82, 2.24) is 19.7 Å². The molecule has 2 heterocycles. The summed E-state index contributed by atoms with van der Waals surface area (Å²) in [5, 5.41) is 16.5. The smallest absolute Gasteiger partial charge is 0.241 e. The lowest BCUT2D eigenvalue weighted by atomic mass is 10.5. The summed E-state index contributed by atoms with van der Waals surface area (Å²) in [5.41, 5.74) is 0. The molecule has 26 heavy (non-hydrogen) atoms. The maximum Gasteiger partial charge on any atom is 0.241 e. The number of carbonyl (C=O) groups excluding carboxylic acids is 2. The molecule has 0 fully saturated rings. The Morgan fingerprint density at radius 2 is 2.04 bits per heavy atom. The lowest BCUT2D eigenvalue weighted by Crippen LogP contribution is -2.34. The van der Waals surface area contributed by atoms with E-state index in [9.17, 15) is 18.0 Å². The zero-order valence-electron chi connectivity index (χ0n) is 14.0. The molecule has 2 N–H and O–H groups in total. The Bertz CT molecular complexity index is 893. The van der Waals surface area contributed by atoms with Crippen LogP contribution in [0.25, 0.3) is 0 Å². The Balaban J connectivity index is 1.80. The highest BCUT2D eigenvalue weighted by molar-refractivity contribution is 8.01. The van der Waals surface area contributed by atoms with Gasteiger partial charge in [-0.3, -0.25) is 14.9 Å². The van der Waals surface area contributed by atoms with Gasteiger partial charge in [-0.15, -0.1) is 10.2 Å². The van der Waals surface area contributed by atoms with Gasteiger partial charge in [-0.1, -0.05) is 28.3 Å². The van der Waals surface area contributed by atoms with Crippen molar-refractivity contribution >= 4 is 55.9 Å². The van der Waals surface area contributed by atoms with Crippen LogP contribution in [0.4, 0.5) is 10.9 Å². The maximum atomic E-state index is 11.8. The molecule has 0 aliphatic heterocycles. The third kappa shape index (κ3) is 6.36. The number of rotatable bonds is 8. The van der Waals surface area contributed by atoms with E-state index in [1.165, 1.54) is 7.05 Å². The third-order valence-corrected chi connectivity index (χ3v) is 6.04. The standard InChI is InChI=1S/C12H16N6O5S3/c1-7-4-8(17-23-7)13-10(20)6-24-12-16-15-11(25-12)14-9(19)5-18(2)26(3,21)22/h4H,5-6H2,1-3H3,(H,13,17,20)(H,14,15,19). The molecule has 0 radical (unpaired) electrons. The summed E-state index contributed by atoms with van der Waals surface area (Å²) < 4.78 is 28.8. The quantitative estimate of drug-likeness (QED) is 0.457. The van der Waals surface area contributed by atoms with Gasteiger partial charge >= 0.3 is 0 Å². The number of nitrogens with zero attached hydrogens (tertiary/aromatic N) is 4. The highest BCUT2D eigenvalue weighted by Gasteiger charge is 2.17. The van der Waals surface area contributed by atoms with E-state index >= 15 is 0 Å². The Morgan fingerprint density at radius 3 is 2.65 bits per heavy atom. The summed E-state index contributed by atoms with van der Waals surface area (Å²) in [7, 11) is -2.15. The van der Waals surface area contributed by atoms with Gasteiger partial charge in [0.15, 0.2) is 10.2 Å². The highest BCUT2D eigenvalue weighted by Crippen LogP contribution is 2.25. The minimum atomic E-state index is -3.45. The third-order valence-electron chi connectivity index (χ3n) is 2.81. The molecule has 0 aliphatic rings. The first-order chi connectivity index (χ1) is 12.1. The molecular weight excluding hydrogens is 404 g/mol. The highest BCUT2D eigenvalue weighted by atomic mass is 32.2. The van der Waals surface area contributed by atoms with E-state index in [4.69, 9.17) is 4.52 Å². The Labute approximate surface area is 157 Å². The Hall–Kier alpha value is -2.03. The van der Waals surface area contributed by atoms with Crippen LogP contribution >= 0.6 is 23.1 Å². The van der Waals surface area contributed by atoms with E-state index < -0.39 is 15.9 Å². The normalized spacial score (nSPS) is 11.5. The van der Waals surface area contributed by atoms with Crippen LogP contribution in [0.15, 0.2) is 14.9 Å². The lowest BCUT2D eigenvalue weighted by Gasteiger charge is -2.12. The molecule has 0 unspecified atom stereocenters. The van der Waals surface area contributed by atoms with Gasteiger partial charge < -0.3 is 9.84 Å². The predicted octanol–water partition coefficient (Wildman–Crippen LogP) is 0.395. The number of anilines is 2. The van der Waals surface area contributed by atoms with Crippen molar-refractivity contribution in [2.75, 3.05) is 36.2 Å². The van der Waals surface area contributed by atoms with Crippen LogP contribution in [0.3, 0.4) is 0 Å². The first-order valence-corrected chi connectivity index (χ1v) is 10.7. The fourth-order valence-electron chi connectivity index (χ4n) is 1.53. The van der Waals surface area contributed by atoms with Crippen molar-refractivity contribution in [3.05, 3.63) is 11.8 Å². The number of aryl methyl sites for hydroxylation is 1. The van der Waals surface area contributed by atoms with Crippen LogP contribution in [-0.4, -0.2) is 65.5 Å². The average molecular weight is 420 g/mol. The Morgan fingerprint density at radius 1 is 1.31 bits per heavy atom. The molecule has 2 rings (SSSR count). The second-order valence-electron chi connectivity index (χ2n) is 5.10. The molecule has 142 valence electrons. The number of thioether (sulfide) groups is 1. The number of hydrogen-bond acceptors (Lipinski definition) is 10. The predicted molar refractivity (Wildman–Crippen MR) is 96.6 cm³/mol. The number of sulfonamides is 1. The molecular formula is C12H16N6O5S3. The molecule has 14 heteroatoms. The first kappa shape index (κ1) is 20.3. The number of likely N-dealkylation sites (N-methyl/N-ethyl adjacent to an activating group) is 1. The molecule has 0 spiro atoms. The minimum Gasteiger partial charge on any atom is -0.360 e. The largest absolute Gasteiger partial charge is 0.360 e. The van der Waals surface area contributed by atoms with Crippen molar-refractivity contribution in [3.63, 3.8) is 0 Å². The summed E-state index contributed by atoms with van der Waals surface area (Å²) in [6.45, 7) is 1.38. The van der Waals surface area contributed by atoms with E-state index in [1.54, 1.807) is 13.0 Å². The zero-order chi connectivity index (χ0) is 19.3. The summed E-state index contributed by atoms with van der Waals surface area (Å²) in [6, 6.07) is 1.59. The molecule has 2 aromatic heterocycles. The van der Waals surface area contributed by atoms with Crippen LogP contribution in [0.5, 0.6) is 0 Å². The van der Waals surface area contributed by atoms with Crippen LogP contribution in [0.1, 0.15) is 5.76 Å². The fourth-order valence-corrected chi connectivity index (χ4v) is 3.45.